The first-order valence-electron chi connectivity index (χ1n) is 21.5. The second-order valence-electron chi connectivity index (χ2n) is 16.0. The van der Waals surface area contributed by atoms with Crippen LogP contribution in [0.2, 0.25) is 0 Å². The third-order valence-corrected chi connectivity index (χ3v) is 13.6. The fourth-order valence-electron chi connectivity index (χ4n) is 9.59. The molecular weight excluding hydrogens is 781 g/mol. The average Bonchev–Trinajstić information content (AvgIpc) is 3.92. The predicted molar refractivity (Wildman–Crippen MR) is 270 cm³/mol. The van der Waals surface area contributed by atoms with E-state index in [0.717, 1.165) is 28.3 Å². The number of thiophene rings is 1. The number of para-hydroxylation sites is 2. The number of hydrogen-bond acceptors (Lipinski definition) is 2. The van der Waals surface area contributed by atoms with Crippen LogP contribution in [0.15, 0.2) is 243 Å². The third kappa shape index (κ3) is 6.33. The largest absolute Gasteiger partial charge is 0.310 e. The molecule has 0 atom stereocenters. The molecule has 296 valence electrons. The molecule has 0 bridgehead atoms. The summed E-state index contributed by atoms with van der Waals surface area (Å²) in [6, 6.07) is 88.4. The van der Waals surface area contributed by atoms with Crippen molar-refractivity contribution in [2.75, 3.05) is 4.90 Å². The number of anilines is 3. The molecule has 12 rings (SSSR count). The van der Waals surface area contributed by atoms with Gasteiger partial charge in [0.05, 0.1) is 16.7 Å². The van der Waals surface area contributed by atoms with Gasteiger partial charge in [-0.3, -0.25) is 0 Å². The summed E-state index contributed by atoms with van der Waals surface area (Å²) >= 11 is 1.88. The summed E-state index contributed by atoms with van der Waals surface area (Å²) in [5.74, 6) is 0. The van der Waals surface area contributed by atoms with E-state index in [-0.39, 0.29) is 0 Å². The van der Waals surface area contributed by atoms with Crippen LogP contribution in [0.1, 0.15) is 0 Å². The van der Waals surface area contributed by atoms with Gasteiger partial charge in [0, 0.05) is 53.6 Å². The Labute approximate surface area is 370 Å². The fraction of sp³-hybridized carbons (Fsp3) is 0. The van der Waals surface area contributed by atoms with Gasteiger partial charge in [-0.05, 0) is 99.6 Å². The van der Waals surface area contributed by atoms with Crippen molar-refractivity contribution in [3.8, 4) is 50.2 Å². The summed E-state index contributed by atoms with van der Waals surface area (Å²) in [7, 11) is 0. The molecule has 3 heteroatoms. The molecule has 0 saturated heterocycles. The summed E-state index contributed by atoms with van der Waals surface area (Å²) in [5.41, 5.74) is 16.4. The van der Waals surface area contributed by atoms with Crippen LogP contribution in [0.5, 0.6) is 0 Å². The van der Waals surface area contributed by atoms with Crippen LogP contribution in [0.4, 0.5) is 17.1 Å². The van der Waals surface area contributed by atoms with Gasteiger partial charge in [0.15, 0.2) is 0 Å². The standard InChI is InChI=1S/C60H40N2S/c1-4-18-41(19-5-1)47-24-10-11-25-48(47)43-34-36-45(37-35-43)61(56-31-17-32-57-59(56)53-27-12-14-30-55(53)62(57)44-22-8-3-9-23-44)46-38-39-49(54(40-46)42-20-6-2-7-21-42)51-28-16-29-52-50-26-13-15-33-58(50)63-60(51)52/h1-40H. The zero-order valence-electron chi connectivity index (χ0n) is 34.4. The molecule has 63 heavy (non-hydrogen) atoms. The lowest BCUT2D eigenvalue weighted by molar-refractivity contribution is 1.18. The lowest BCUT2D eigenvalue weighted by atomic mass is 9.92. The van der Waals surface area contributed by atoms with Gasteiger partial charge < -0.3 is 9.47 Å². The number of nitrogens with zero attached hydrogens (tertiary/aromatic N) is 2. The highest BCUT2D eigenvalue weighted by Crippen LogP contribution is 2.48. The van der Waals surface area contributed by atoms with E-state index in [0.29, 0.717) is 0 Å². The molecule has 12 aromatic rings. The number of hydrogen-bond donors (Lipinski definition) is 0. The van der Waals surface area contributed by atoms with E-state index >= 15 is 0 Å². The van der Waals surface area contributed by atoms with Crippen LogP contribution in [0.25, 0.3) is 92.2 Å². The van der Waals surface area contributed by atoms with Crippen LogP contribution in [-0.2, 0) is 0 Å². The zero-order valence-corrected chi connectivity index (χ0v) is 35.2. The van der Waals surface area contributed by atoms with Crippen molar-refractivity contribution in [3.05, 3.63) is 243 Å². The highest BCUT2D eigenvalue weighted by molar-refractivity contribution is 7.26. The van der Waals surface area contributed by atoms with Crippen LogP contribution in [0.3, 0.4) is 0 Å². The Morgan fingerprint density at radius 1 is 0.333 bits per heavy atom. The quantitative estimate of drug-likeness (QED) is 0.148. The van der Waals surface area contributed by atoms with Crippen molar-refractivity contribution in [1.29, 1.82) is 0 Å². The first-order chi connectivity index (χ1) is 31.3. The number of benzene rings is 10. The normalized spacial score (nSPS) is 11.5. The second-order valence-corrected chi connectivity index (χ2v) is 17.1. The minimum atomic E-state index is 1.08. The molecule has 0 aliphatic rings. The molecular formula is C60H40N2S. The zero-order chi connectivity index (χ0) is 41.7. The van der Waals surface area contributed by atoms with Crippen LogP contribution in [0, 0.1) is 0 Å². The highest BCUT2D eigenvalue weighted by atomic mass is 32.1. The smallest absolute Gasteiger partial charge is 0.0562 e. The van der Waals surface area contributed by atoms with E-state index in [1.807, 2.05) is 11.3 Å². The first-order valence-corrected chi connectivity index (χ1v) is 22.3. The van der Waals surface area contributed by atoms with E-state index < -0.39 is 0 Å². The van der Waals surface area contributed by atoms with Gasteiger partial charge in [-0.2, -0.15) is 0 Å². The molecule has 0 fully saturated rings. The number of rotatable bonds is 8. The van der Waals surface area contributed by atoms with Gasteiger partial charge >= 0.3 is 0 Å². The Bertz CT molecular complexity index is 3600. The van der Waals surface area contributed by atoms with Gasteiger partial charge in [0.1, 0.15) is 0 Å². The topological polar surface area (TPSA) is 8.17 Å². The van der Waals surface area contributed by atoms with Crippen molar-refractivity contribution in [2.45, 2.75) is 0 Å². The summed E-state index contributed by atoms with van der Waals surface area (Å²) < 4.78 is 5.02. The predicted octanol–water partition coefficient (Wildman–Crippen LogP) is 17.3. The summed E-state index contributed by atoms with van der Waals surface area (Å²) in [6.45, 7) is 0. The number of fused-ring (bicyclic) bond motifs is 6. The van der Waals surface area contributed by atoms with Gasteiger partial charge in [-0.1, -0.05) is 182 Å². The SMILES string of the molecule is c1ccc(-c2ccccc2-c2ccc(N(c3ccc(-c4cccc5c4sc4ccccc45)c(-c4ccccc4)c3)c3cccc4c3c3ccccc3n4-c3ccccc3)cc2)cc1. The summed E-state index contributed by atoms with van der Waals surface area (Å²) in [5, 5.41) is 5.02. The number of aromatic nitrogens is 1. The Balaban J connectivity index is 1.10. The molecule has 0 radical (unpaired) electrons. The van der Waals surface area contributed by atoms with E-state index in [1.54, 1.807) is 0 Å². The van der Waals surface area contributed by atoms with Crippen LogP contribution < -0.4 is 4.90 Å². The molecule has 0 spiro atoms. The highest BCUT2D eigenvalue weighted by Gasteiger charge is 2.23. The lowest BCUT2D eigenvalue weighted by Crippen LogP contribution is -2.11. The molecule has 0 N–H and O–H groups in total. The maximum atomic E-state index is 2.47. The van der Waals surface area contributed by atoms with Crippen LogP contribution in [-0.4, -0.2) is 4.57 Å². The Kier molecular flexibility index (Phi) is 9.06. The van der Waals surface area contributed by atoms with Crippen molar-refractivity contribution >= 4 is 70.4 Å². The lowest BCUT2D eigenvalue weighted by Gasteiger charge is -2.28. The Morgan fingerprint density at radius 2 is 0.873 bits per heavy atom. The summed E-state index contributed by atoms with van der Waals surface area (Å²) in [4.78, 5) is 2.47. The maximum absolute atomic E-state index is 2.47. The minimum Gasteiger partial charge on any atom is -0.310 e. The van der Waals surface area contributed by atoms with Crippen molar-refractivity contribution in [2.24, 2.45) is 0 Å². The van der Waals surface area contributed by atoms with Crippen molar-refractivity contribution in [1.82, 2.24) is 4.57 Å². The molecule has 10 aromatic carbocycles. The molecule has 0 amide bonds. The Hall–Kier alpha value is -7.98. The van der Waals surface area contributed by atoms with E-state index in [2.05, 4.69) is 252 Å². The van der Waals surface area contributed by atoms with Gasteiger partial charge in [-0.25, -0.2) is 0 Å². The third-order valence-electron chi connectivity index (χ3n) is 12.4. The second kappa shape index (κ2) is 15.5. The van der Waals surface area contributed by atoms with Gasteiger partial charge in [-0.15, -0.1) is 11.3 Å². The molecule has 0 saturated carbocycles. The van der Waals surface area contributed by atoms with Crippen molar-refractivity contribution < 1.29 is 0 Å². The molecule has 2 nitrogen and oxygen atoms in total. The fourth-order valence-corrected chi connectivity index (χ4v) is 10.8. The molecule has 0 aliphatic heterocycles. The van der Waals surface area contributed by atoms with Crippen molar-refractivity contribution in [3.63, 3.8) is 0 Å². The van der Waals surface area contributed by atoms with E-state index in [4.69, 9.17) is 0 Å². The van der Waals surface area contributed by atoms with Gasteiger partial charge in [0.25, 0.3) is 0 Å². The molecule has 0 aliphatic carbocycles. The molecule has 0 unspecified atom stereocenters. The van der Waals surface area contributed by atoms with E-state index in [9.17, 15) is 0 Å². The Morgan fingerprint density at radius 3 is 1.62 bits per heavy atom. The average molecular weight is 821 g/mol. The minimum absolute atomic E-state index is 1.08. The van der Waals surface area contributed by atoms with E-state index in [1.165, 1.54) is 81.0 Å². The summed E-state index contributed by atoms with van der Waals surface area (Å²) in [6.07, 6.45) is 0. The molecule has 2 heterocycles. The van der Waals surface area contributed by atoms with Crippen LogP contribution >= 0.6 is 11.3 Å². The van der Waals surface area contributed by atoms with Gasteiger partial charge in [0.2, 0.25) is 0 Å². The molecule has 2 aromatic heterocycles. The monoisotopic (exact) mass is 820 g/mol. The maximum Gasteiger partial charge on any atom is 0.0562 e. The first kappa shape index (κ1) is 36.8.